The van der Waals surface area contributed by atoms with Crippen molar-refractivity contribution in [3.05, 3.63) is 16.3 Å². The molecule has 4 nitrogen and oxygen atoms in total. The summed E-state index contributed by atoms with van der Waals surface area (Å²) in [6, 6.07) is 2.16. The Morgan fingerprint density at radius 1 is 1.22 bits per heavy atom. The Balaban J connectivity index is 1.85. The number of hydrogen-bond donors (Lipinski definition) is 1. The molecule has 0 radical (unpaired) electrons. The molecule has 2 heterocycles. The van der Waals surface area contributed by atoms with Crippen molar-refractivity contribution in [1.29, 1.82) is 0 Å². The lowest BCUT2D eigenvalue weighted by Crippen LogP contribution is -2.49. The van der Waals surface area contributed by atoms with Crippen LogP contribution in [0.4, 0.5) is 5.69 Å². The Hall–Kier alpha value is -1.20. The molecule has 1 saturated carbocycles. The molecule has 1 saturated heterocycles. The van der Waals surface area contributed by atoms with Crippen molar-refractivity contribution in [2.24, 2.45) is 11.8 Å². The minimum Gasteiger partial charge on any atom is -0.317 e. The first-order valence-electron chi connectivity index (χ1n) is 8.77. The highest BCUT2D eigenvalue weighted by atomic mass is 32.1. The standard InChI is InChI=1S/C18H26N2O2S/c1-13-2-4-14(5-3-13)18(22)20(15-6-9-19-10-7-15)16-8-11-23-17(16)12-21/h8,11-15,19H,2-7,9-10H2,1H3. The Morgan fingerprint density at radius 2 is 1.91 bits per heavy atom. The topological polar surface area (TPSA) is 49.4 Å². The van der Waals surface area contributed by atoms with Crippen LogP contribution in [-0.4, -0.2) is 31.3 Å². The Kier molecular flexibility index (Phi) is 5.49. The van der Waals surface area contributed by atoms with E-state index in [0.29, 0.717) is 4.88 Å². The number of aldehydes is 1. The first-order chi connectivity index (χ1) is 11.2. The summed E-state index contributed by atoms with van der Waals surface area (Å²) < 4.78 is 0. The highest BCUT2D eigenvalue weighted by Gasteiger charge is 2.34. The number of carbonyl (C=O) groups excluding carboxylic acids is 2. The average Bonchev–Trinajstić information content (AvgIpc) is 3.05. The molecular weight excluding hydrogens is 308 g/mol. The van der Waals surface area contributed by atoms with E-state index in [1.54, 1.807) is 0 Å². The zero-order valence-electron chi connectivity index (χ0n) is 13.8. The molecule has 1 aliphatic carbocycles. The number of hydrogen-bond acceptors (Lipinski definition) is 4. The van der Waals surface area contributed by atoms with Crippen molar-refractivity contribution in [3.63, 3.8) is 0 Å². The van der Waals surface area contributed by atoms with Crippen LogP contribution in [0.1, 0.15) is 55.1 Å². The van der Waals surface area contributed by atoms with Gasteiger partial charge >= 0.3 is 0 Å². The van der Waals surface area contributed by atoms with Crippen molar-refractivity contribution in [1.82, 2.24) is 5.32 Å². The van der Waals surface area contributed by atoms with Crippen molar-refractivity contribution in [2.75, 3.05) is 18.0 Å². The molecule has 1 N–H and O–H groups in total. The number of rotatable bonds is 4. The van der Waals surface area contributed by atoms with Crippen LogP contribution in [0.3, 0.4) is 0 Å². The molecule has 0 aromatic carbocycles. The summed E-state index contributed by atoms with van der Waals surface area (Å²) >= 11 is 1.43. The monoisotopic (exact) mass is 334 g/mol. The van der Waals surface area contributed by atoms with E-state index in [1.807, 2.05) is 16.3 Å². The van der Waals surface area contributed by atoms with Gasteiger partial charge in [0.15, 0.2) is 6.29 Å². The molecule has 3 rings (SSSR count). The van der Waals surface area contributed by atoms with E-state index in [4.69, 9.17) is 0 Å². The zero-order valence-corrected chi connectivity index (χ0v) is 14.6. The smallest absolute Gasteiger partial charge is 0.230 e. The lowest BCUT2D eigenvalue weighted by molar-refractivity contribution is -0.124. The number of thiophene rings is 1. The molecule has 2 aliphatic rings. The molecule has 0 atom stereocenters. The van der Waals surface area contributed by atoms with Crippen molar-refractivity contribution < 1.29 is 9.59 Å². The molecule has 1 aliphatic heterocycles. The van der Waals surface area contributed by atoms with E-state index in [-0.39, 0.29) is 17.9 Å². The quantitative estimate of drug-likeness (QED) is 0.858. The predicted molar refractivity (Wildman–Crippen MR) is 94.2 cm³/mol. The van der Waals surface area contributed by atoms with Crippen LogP contribution < -0.4 is 10.2 Å². The lowest BCUT2D eigenvalue weighted by atomic mass is 9.82. The second-order valence-electron chi connectivity index (χ2n) is 6.93. The minimum absolute atomic E-state index is 0.125. The molecule has 126 valence electrons. The third-order valence-corrected chi connectivity index (χ3v) is 6.15. The van der Waals surface area contributed by atoms with Gasteiger partial charge in [0, 0.05) is 12.0 Å². The van der Waals surface area contributed by atoms with E-state index in [2.05, 4.69) is 12.2 Å². The number of amides is 1. The van der Waals surface area contributed by atoms with Crippen molar-refractivity contribution >= 4 is 29.2 Å². The first-order valence-corrected chi connectivity index (χ1v) is 9.65. The summed E-state index contributed by atoms with van der Waals surface area (Å²) in [4.78, 5) is 27.3. The van der Waals surface area contributed by atoms with Gasteiger partial charge in [-0.1, -0.05) is 6.92 Å². The zero-order chi connectivity index (χ0) is 16.2. The van der Waals surface area contributed by atoms with E-state index in [9.17, 15) is 9.59 Å². The lowest BCUT2D eigenvalue weighted by Gasteiger charge is -2.38. The van der Waals surface area contributed by atoms with Gasteiger partial charge in [0.2, 0.25) is 5.91 Å². The summed E-state index contributed by atoms with van der Waals surface area (Å²) in [6.07, 6.45) is 7.07. The SMILES string of the molecule is CC1CCC(C(=O)N(c2ccsc2C=O)C2CCNCC2)CC1. The molecule has 2 fully saturated rings. The van der Waals surface area contributed by atoms with E-state index in [1.165, 1.54) is 11.3 Å². The van der Waals surface area contributed by atoms with Gasteiger partial charge in [-0.05, 0) is 69.0 Å². The molecule has 0 unspecified atom stereocenters. The normalized spacial score (nSPS) is 26.0. The van der Waals surface area contributed by atoms with Crippen molar-refractivity contribution in [2.45, 2.75) is 51.5 Å². The maximum atomic E-state index is 13.3. The highest BCUT2D eigenvalue weighted by Crippen LogP contribution is 2.35. The molecule has 1 aromatic heterocycles. The maximum absolute atomic E-state index is 13.3. The van der Waals surface area contributed by atoms with Gasteiger partial charge in [0.25, 0.3) is 0 Å². The number of nitrogens with one attached hydrogen (secondary N) is 1. The van der Waals surface area contributed by atoms with Gasteiger partial charge in [-0.3, -0.25) is 9.59 Å². The van der Waals surface area contributed by atoms with Gasteiger partial charge in [-0.25, -0.2) is 0 Å². The summed E-state index contributed by atoms with van der Waals surface area (Å²) in [6.45, 7) is 4.15. The van der Waals surface area contributed by atoms with Crippen LogP contribution in [0.5, 0.6) is 0 Å². The first kappa shape index (κ1) is 16.7. The molecule has 5 heteroatoms. The third kappa shape index (κ3) is 3.66. The number of carbonyl (C=O) groups is 2. The Labute approximate surface area is 142 Å². The number of nitrogens with zero attached hydrogens (tertiary/aromatic N) is 1. The van der Waals surface area contributed by atoms with Gasteiger partial charge in [0.05, 0.1) is 10.6 Å². The average molecular weight is 334 g/mol. The van der Waals surface area contributed by atoms with Crippen LogP contribution in [0, 0.1) is 11.8 Å². The predicted octanol–water partition coefficient (Wildman–Crippen LogP) is 3.47. The van der Waals surface area contributed by atoms with Gasteiger partial charge in [-0.2, -0.15) is 0 Å². The van der Waals surface area contributed by atoms with Gasteiger partial charge in [0.1, 0.15) is 0 Å². The third-order valence-electron chi connectivity index (χ3n) is 5.32. The second kappa shape index (κ2) is 7.58. The largest absolute Gasteiger partial charge is 0.317 e. The fourth-order valence-electron chi connectivity index (χ4n) is 3.87. The van der Waals surface area contributed by atoms with Crippen molar-refractivity contribution in [3.8, 4) is 0 Å². The highest BCUT2D eigenvalue weighted by molar-refractivity contribution is 7.12. The summed E-state index contributed by atoms with van der Waals surface area (Å²) in [5, 5.41) is 5.28. The van der Waals surface area contributed by atoms with Crippen LogP contribution in [0.15, 0.2) is 11.4 Å². The molecule has 23 heavy (non-hydrogen) atoms. The van der Waals surface area contributed by atoms with E-state index in [0.717, 1.165) is 69.5 Å². The Morgan fingerprint density at radius 3 is 2.57 bits per heavy atom. The Bertz CT molecular complexity index is 543. The molecule has 1 amide bonds. The maximum Gasteiger partial charge on any atom is 0.230 e. The van der Waals surface area contributed by atoms with Crippen LogP contribution in [0.2, 0.25) is 0 Å². The molecule has 0 spiro atoms. The second-order valence-corrected chi connectivity index (χ2v) is 7.88. The number of anilines is 1. The van der Waals surface area contributed by atoms with Crippen LogP contribution in [0.25, 0.3) is 0 Å². The molecular formula is C18H26N2O2S. The molecule has 1 aromatic rings. The van der Waals surface area contributed by atoms with E-state index >= 15 is 0 Å². The minimum atomic E-state index is 0.125. The summed E-state index contributed by atoms with van der Waals surface area (Å²) in [7, 11) is 0. The van der Waals surface area contributed by atoms with Gasteiger partial charge in [-0.15, -0.1) is 11.3 Å². The van der Waals surface area contributed by atoms with E-state index < -0.39 is 0 Å². The number of piperidine rings is 1. The summed E-state index contributed by atoms with van der Waals surface area (Å²) in [5.74, 6) is 1.10. The fraction of sp³-hybridized carbons (Fsp3) is 0.667. The molecule has 0 bridgehead atoms. The van der Waals surface area contributed by atoms with Gasteiger partial charge < -0.3 is 10.2 Å². The summed E-state index contributed by atoms with van der Waals surface area (Å²) in [5.41, 5.74) is 0.834. The van der Waals surface area contributed by atoms with Crippen LogP contribution >= 0.6 is 11.3 Å². The van der Waals surface area contributed by atoms with Crippen LogP contribution in [-0.2, 0) is 4.79 Å². The fourth-order valence-corrected chi connectivity index (χ4v) is 4.55.